The molecule has 1 fully saturated rings. The van der Waals surface area contributed by atoms with Crippen LogP contribution >= 0.6 is 11.3 Å². The van der Waals surface area contributed by atoms with Gasteiger partial charge in [-0.15, -0.1) is 11.3 Å². The minimum Gasteiger partial charge on any atom is -0.379 e. The zero-order valence-electron chi connectivity index (χ0n) is 13.6. The quantitative estimate of drug-likeness (QED) is 0.823. The summed E-state index contributed by atoms with van der Waals surface area (Å²) in [6.07, 6.45) is 7.24. The molecule has 1 aromatic heterocycles. The monoisotopic (exact) mass is 325 g/mol. The third kappa shape index (κ3) is 2.89. The zero-order valence-corrected chi connectivity index (χ0v) is 14.4. The molecule has 1 saturated heterocycles. The number of rotatable bonds is 4. The Bertz CT molecular complexity index is 710. The van der Waals surface area contributed by atoms with Gasteiger partial charge >= 0.3 is 0 Å². The number of thiophene rings is 1. The Morgan fingerprint density at radius 3 is 2.70 bits per heavy atom. The van der Waals surface area contributed by atoms with E-state index >= 15 is 0 Å². The first kappa shape index (κ1) is 15.1. The van der Waals surface area contributed by atoms with Crippen LogP contribution in [0.1, 0.15) is 33.7 Å². The van der Waals surface area contributed by atoms with E-state index in [1.807, 2.05) is 11.3 Å². The first-order valence-corrected chi connectivity index (χ1v) is 9.18. The molecular formula is C20H23NOS. The third-order valence-corrected chi connectivity index (χ3v) is 6.25. The summed E-state index contributed by atoms with van der Waals surface area (Å²) < 4.78 is 5.22. The van der Waals surface area contributed by atoms with Gasteiger partial charge in [-0.3, -0.25) is 4.90 Å². The first-order chi connectivity index (χ1) is 11.3. The number of methoxy groups -OCH3 is 1. The van der Waals surface area contributed by atoms with Crippen molar-refractivity contribution < 1.29 is 4.74 Å². The normalized spacial score (nSPS) is 19.3. The maximum absolute atomic E-state index is 5.22. The van der Waals surface area contributed by atoms with E-state index in [0.29, 0.717) is 5.41 Å². The highest BCUT2D eigenvalue weighted by Crippen LogP contribution is 2.43. The van der Waals surface area contributed by atoms with Crippen molar-refractivity contribution in [1.82, 2.24) is 4.90 Å². The van der Waals surface area contributed by atoms with Crippen molar-refractivity contribution in [1.29, 1.82) is 0 Å². The third-order valence-electron chi connectivity index (χ3n) is 5.21. The second-order valence-electron chi connectivity index (χ2n) is 6.65. The van der Waals surface area contributed by atoms with E-state index in [0.717, 1.165) is 13.2 Å². The fourth-order valence-electron chi connectivity index (χ4n) is 3.93. The van der Waals surface area contributed by atoms with Gasteiger partial charge in [-0.2, -0.15) is 0 Å². The van der Waals surface area contributed by atoms with Gasteiger partial charge in [-0.25, -0.2) is 0 Å². The SMILES string of the molecule is COCc1ccc(CN2CCC3(C=Cc4ccccc43)CC2)s1. The summed E-state index contributed by atoms with van der Waals surface area (Å²) in [5, 5.41) is 0. The summed E-state index contributed by atoms with van der Waals surface area (Å²) in [6, 6.07) is 13.4. The van der Waals surface area contributed by atoms with Crippen LogP contribution in [0.5, 0.6) is 0 Å². The van der Waals surface area contributed by atoms with Crippen LogP contribution in [0.15, 0.2) is 42.5 Å². The molecule has 2 heterocycles. The van der Waals surface area contributed by atoms with Gasteiger partial charge in [0.2, 0.25) is 0 Å². The number of benzene rings is 1. The fraction of sp³-hybridized carbons (Fsp3) is 0.400. The van der Waals surface area contributed by atoms with E-state index in [1.165, 1.54) is 46.8 Å². The molecule has 120 valence electrons. The lowest BCUT2D eigenvalue weighted by molar-refractivity contribution is 0.178. The summed E-state index contributed by atoms with van der Waals surface area (Å²) in [4.78, 5) is 5.38. The molecule has 0 amide bonds. The second-order valence-corrected chi connectivity index (χ2v) is 7.91. The second kappa shape index (κ2) is 6.23. The van der Waals surface area contributed by atoms with Crippen LogP contribution in [-0.4, -0.2) is 25.1 Å². The molecule has 0 unspecified atom stereocenters. The molecular weight excluding hydrogens is 302 g/mol. The van der Waals surface area contributed by atoms with Gasteiger partial charge in [-0.1, -0.05) is 36.4 Å². The Balaban J connectivity index is 1.41. The van der Waals surface area contributed by atoms with Gasteiger partial charge < -0.3 is 4.74 Å². The Morgan fingerprint density at radius 2 is 1.87 bits per heavy atom. The summed E-state index contributed by atoms with van der Waals surface area (Å²) >= 11 is 1.88. The van der Waals surface area contributed by atoms with Crippen molar-refractivity contribution in [3.8, 4) is 0 Å². The molecule has 2 aromatic rings. The number of hydrogen-bond donors (Lipinski definition) is 0. The molecule has 1 spiro atoms. The van der Waals surface area contributed by atoms with Crippen LogP contribution in [0.25, 0.3) is 6.08 Å². The molecule has 0 saturated carbocycles. The summed E-state index contributed by atoms with van der Waals surface area (Å²) in [6.45, 7) is 4.16. The number of allylic oxidation sites excluding steroid dienone is 1. The fourth-order valence-corrected chi connectivity index (χ4v) is 4.96. The predicted molar refractivity (Wildman–Crippen MR) is 96.7 cm³/mol. The highest BCUT2D eigenvalue weighted by atomic mass is 32.1. The topological polar surface area (TPSA) is 12.5 Å². The Morgan fingerprint density at radius 1 is 1.09 bits per heavy atom. The number of piperidine rings is 1. The number of fused-ring (bicyclic) bond motifs is 2. The number of nitrogens with zero attached hydrogens (tertiary/aromatic N) is 1. The van der Waals surface area contributed by atoms with Crippen LogP contribution in [0.2, 0.25) is 0 Å². The summed E-state index contributed by atoms with van der Waals surface area (Å²) in [5.41, 5.74) is 3.26. The largest absolute Gasteiger partial charge is 0.379 e. The van der Waals surface area contributed by atoms with Crippen molar-refractivity contribution >= 4 is 17.4 Å². The van der Waals surface area contributed by atoms with Crippen molar-refractivity contribution in [3.05, 3.63) is 63.4 Å². The standard InChI is InChI=1S/C20H23NOS/c1-22-15-18-7-6-17(23-18)14-21-12-10-20(11-13-21)9-8-16-4-2-3-5-19(16)20/h2-9H,10-15H2,1H3. The van der Waals surface area contributed by atoms with Gasteiger partial charge in [0.05, 0.1) is 6.61 Å². The highest BCUT2D eigenvalue weighted by Gasteiger charge is 2.37. The maximum Gasteiger partial charge on any atom is 0.0805 e. The Hall–Kier alpha value is -1.42. The van der Waals surface area contributed by atoms with Gasteiger partial charge in [-0.05, 0) is 49.2 Å². The molecule has 1 aromatic carbocycles. The zero-order chi connectivity index (χ0) is 15.7. The van der Waals surface area contributed by atoms with Crippen LogP contribution in [0, 0.1) is 0 Å². The molecule has 0 N–H and O–H groups in total. The summed E-state index contributed by atoms with van der Waals surface area (Å²) in [5.74, 6) is 0. The van der Waals surface area contributed by atoms with Crippen LogP contribution in [0.4, 0.5) is 0 Å². The van der Waals surface area contributed by atoms with E-state index < -0.39 is 0 Å². The summed E-state index contributed by atoms with van der Waals surface area (Å²) in [7, 11) is 1.76. The van der Waals surface area contributed by atoms with E-state index in [9.17, 15) is 0 Å². The van der Waals surface area contributed by atoms with E-state index in [4.69, 9.17) is 4.74 Å². The van der Waals surface area contributed by atoms with Crippen molar-refractivity contribution in [3.63, 3.8) is 0 Å². The molecule has 0 atom stereocenters. The Kier molecular flexibility index (Phi) is 4.10. The maximum atomic E-state index is 5.22. The van der Waals surface area contributed by atoms with Crippen LogP contribution < -0.4 is 0 Å². The van der Waals surface area contributed by atoms with Crippen LogP contribution in [0.3, 0.4) is 0 Å². The lowest BCUT2D eigenvalue weighted by Crippen LogP contribution is -2.40. The predicted octanol–water partition coefficient (Wildman–Crippen LogP) is 4.46. The van der Waals surface area contributed by atoms with E-state index in [-0.39, 0.29) is 0 Å². The minimum absolute atomic E-state index is 0.295. The lowest BCUT2D eigenvalue weighted by Gasteiger charge is -2.39. The molecule has 3 heteroatoms. The molecule has 23 heavy (non-hydrogen) atoms. The Labute approximate surface area is 142 Å². The van der Waals surface area contributed by atoms with Gasteiger partial charge in [0, 0.05) is 28.8 Å². The lowest BCUT2D eigenvalue weighted by atomic mass is 9.74. The van der Waals surface area contributed by atoms with Gasteiger partial charge in [0.25, 0.3) is 0 Å². The smallest absolute Gasteiger partial charge is 0.0805 e. The van der Waals surface area contributed by atoms with E-state index in [2.05, 4.69) is 53.5 Å². The van der Waals surface area contributed by atoms with Crippen molar-refractivity contribution in [2.75, 3.05) is 20.2 Å². The van der Waals surface area contributed by atoms with Crippen molar-refractivity contribution in [2.45, 2.75) is 31.4 Å². The van der Waals surface area contributed by atoms with E-state index in [1.54, 1.807) is 7.11 Å². The van der Waals surface area contributed by atoms with Gasteiger partial charge in [0.1, 0.15) is 0 Å². The number of likely N-dealkylation sites (tertiary alicyclic amines) is 1. The molecule has 0 bridgehead atoms. The highest BCUT2D eigenvalue weighted by molar-refractivity contribution is 7.11. The average molecular weight is 325 g/mol. The van der Waals surface area contributed by atoms with Crippen LogP contribution in [-0.2, 0) is 23.3 Å². The first-order valence-electron chi connectivity index (χ1n) is 8.37. The number of ether oxygens (including phenoxy) is 1. The van der Waals surface area contributed by atoms with Gasteiger partial charge in [0.15, 0.2) is 0 Å². The molecule has 1 aliphatic heterocycles. The number of hydrogen-bond acceptors (Lipinski definition) is 3. The molecule has 2 nitrogen and oxygen atoms in total. The van der Waals surface area contributed by atoms with Crippen molar-refractivity contribution in [2.24, 2.45) is 0 Å². The average Bonchev–Trinajstić information content (AvgIpc) is 3.16. The molecule has 0 radical (unpaired) electrons. The molecule has 4 rings (SSSR count). The molecule has 1 aliphatic carbocycles. The molecule has 2 aliphatic rings. The minimum atomic E-state index is 0.295.